The quantitative estimate of drug-likeness (QED) is 0.764. The van der Waals surface area contributed by atoms with Gasteiger partial charge in [-0.2, -0.15) is 0 Å². The summed E-state index contributed by atoms with van der Waals surface area (Å²) in [5.41, 5.74) is -0.121. The van der Waals surface area contributed by atoms with Crippen molar-refractivity contribution in [3.63, 3.8) is 0 Å². The minimum atomic E-state index is -0.215. The van der Waals surface area contributed by atoms with Gasteiger partial charge in [0, 0.05) is 45.9 Å². The fourth-order valence-electron chi connectivity index (χ4n) is 2.81. The van der Waals surface area contributed by atoms with Gasteiger partial charge in [0.15, 0.2) is 0 Å². The molecule has 0 aromatic heterocycles. The summed E-state index contributed by atoms with van der Waals surface area (Å²) in [5.74, 6) is 0. The molecule has 3 saturated heterocycles. The summed E-state index contributed by atoms with van der Waals surface area (Å²) >= 11 is 0. The van der Waals surface area contributed by atoms with E-state index >= 15 is 0 Å². The zero-order chi connectivity index (χ0) is 12.5. The first kappa shape index (κ1) is 13.3. The number of hydrogen-bond acceptors (Lipinski definition) is 4. The molecule has 17 heavy (non-hydrogen) atoms. The van der Waals surface area contributed by atoms with Crippen molar-refractivity contribution in [3.05, 3.63) is 0 Å². The Hall–Kier alpha value is -0.160. The van der Waals surface area contributed by atoms with Crippen molar-refractivity contribution < 1.29 is 9.84 Å². The first-order valence-electron chi connectivity index (χ1n) is 6.71. The largest absolute Gasteiger partial charge is 0.391 e. The first-order valence-corrected chi connectivity index (χ1v) is 6.71. The van der Waals surface area contributed by atoms with Gasteiger partial charge >= 0.3 is 0 Å². The van der Waals surface area contributed by atoms with E-state index in [4.69, 9.17) is 4.74 Å². The van der Waals surface area contributed by atoms with Crippen molar-refractivity contribution in [2.45, 2.75) is 44.4 Å². The normalized spacial score (nSPS) is 34.9. The molecule has 0 radical (unpaired) electrons. The lowest BCUT2D eigenvalue weighted by atomic mass is 9.94. The SMILES string of the molecule is COC(C)(C)CCC(O)C1CN2CCN1CC2. The lowest BCUT2D eigenvalue weighted by molar-refractivity contribution is -0.0588. The summed E-state index contributed by atoms with van der Waals surface area (Å²) in [6.07, 6.45) is 1.53. The second-order valence-corrected chi connectivity index (χ2v) is 5.97. The lowest BCUT2D eigenvalue weighted by Gasteiger charge is -2.49. The van der Waals surface area contributed by atoms with Crippen molar-refractivity contribution in [1.29, 1.82) is 0 Å². The molecule has 0 spiro atoms. The van der Waals surface area contributed by atoms with E-state index in [-0.39, 0.29) is 11.7 Å². The molecule has 3 heterocycles. The molecule has 2 unspecified atom stereocenters. The molecule has 0 aliphatic carbocycles. The number of nitrogens with zero attached hydrogens (tertiary/aromatic N) is 2. The fourth-order valence-corrected chi connectivity index (χ4v) is 2.81. The van der Waals surface area contributed by atoms with Gasteiger partial charge in [-0.15, -0.1) is 0 Å². The highest BCUT2D eigenvalue weighted by Gasteiger charge is 2.36. The van der Waals surface area contributed by atoms with Crippen LogP contribution in [-0.2, 0) is 4.74 Å². The molecule has 0 aromatic carbocycles. The Morgan fingerprint density at radius 1 is 1.29 bits per heavy atom. The second kappa shape index (κ2) is 5.22. The van der Waals surface area contributed by atoms with E-state index < -0.39 is 0 Å². The average Bonchev–Trinajstić information content (AvgIpc) is 2.37. The van der Waals surface area contributed by atoms with Crippen LogP contribution in [0.5, 0.6) is 0 Å². The van der Waals surface area contributed by atoms with E-state index in [1.807, 2.05) is 0 Å². The number of piperazine rings is 3. The summed E-state index contributed by atoms with van der Waals surface area (Å²) in [4.78, 5) is 4.92. The third kappa shape index (κ3) is 3.19. The number of aliphatic hydroxyl groups is 1. The smallest absolute Gasteiger partial charge is 0.0708 e. The van der Waals surface area contributed by atoms with Gasteiger partial charge in [0.1, 0.15) is 0 Å². The molecule has 0 saturated carbocycles. The van der Waals surface area contributed by atoms with Gasteiger partial charge < -0.3 is 9.84 Å². The van der Waals surface area contributed by atoms with Gasteiger partial charge in [-0.3, -0.25) is 9.80 Å². The Bertz CT molecular complexity index is 250. The molecule has 3 aliphatic rings. The summed E-state index contributed by atoms with van der Waals surface area (Å²) in [6.45, 7) is 9.78. The van der Waals surface area contributed by atoms with Crippen LogP contribution in [-0.4, -0.2) is 72.5 Å². The van der Waals surface area contributed by atoms with Crippen LogP contribution in [0.2, 0.25) is 0 Å². The fraction of sp³-hybridized carbons (Fsp3) is 1.00. The Kier molecular flexibility index (Phi) is 4.08. The molecular weight excluding hydrogens is 216 g/mol. The lowest BCUT2D eigenvalue weighted by Crippen LogP contribution is -2.64. The predicted octanol–water partition coefficient (Wildman–Crippen LogP) is 0.552. The summed E-state index contributed by atoms with van der Waals surface area (Å²) in [6, 6.07) is 0.338. The maximum atomic E-state index is 10.3. The summed E-state index contributed by atoms with van der Waals surface area (Å²) in [5, 5.41) is 10.3. The highest BCUT2D eigenvalue weighted by Crippen LogP contribution is 2.23. The van der Waals surface area contributed by atoms with Crippen molar-refractivity contribution >= 4 is 0 Å². The third-order valence-corrected chi connectivity index (χ3v) is 4.36. The number of methoxy groups -OCH3 is 1. The predicted molar refractivity (Wildman–Crippen MR) is 68.1 cm³/mol. The zero-order valence-corrected chi connectivity index (χ0v) is 11.4. The van der Waals surface area contributed by atoms with Crippen molar-refractivity contribution in [2.75, 3.05) is 39.8 Å². The number of hydrogen-bond donors (Lipinski definition) is 1. The van der Waals surface area contributed by atoms with Crippen LogP contribution >= 0.6 is 0 Å². The molecule has 2 bridgehead atoms. The van der Waals surface area contributed by atoms with Crippen LogP contribution in [0.1, 0.15) is 26.7 Å². The van der Waals surface area contributed by atoms with Gasteiger partial charge in [0.05, 0.1) is 11.7 Å². The molecule has 3 fully saturated rings. The van der Waals surface area contributed by atoms with E-state index in [2.05, 4.69) is 23.6 Å². The Labute approximate surface area is 105 Å². The number of ether oxygens (including phenoxy) is 1. The van der Waals surface area contributed by atoms with E-state index in [9.17, 15) is 5.11 Å². The van der Waals surface area contributed by atoms with Gasteiger partial charge in [-0.25, -0.2) is 0 Å². The van der Waals surface area contributed by atoms with Crippen LogP contribution in [0.3, 0.4) is 0 Å². The minimum absolute atomic E-state index is 0.121. The van der Waals surface area contributed by atoms with E-state index in [0.717, 1.165) is 32.5 Å². The molecule has 0 aromatic rings. The summed E-state index contributed by atoms with van der Waals surface area (Å²) < 4.78 is 5.40. The second-order valence-electron chi connectivity index (χ2n) is 5.97. The van der Waals surface area contributed by atoms with Crippen molar-refractivity contribution in [1.82, 2.24) is 9.80 Å². The van der Waals surface area contributed by atoms with E-state index in [1.165, 1.54) is 13.1 Å². The maximum absolute atomic E-state index is 10.3. The van der Waals surface area contributed by atoms with Crippen LogP contribution in [0.15, 0.2) is 0 Å². The van der Waals surface area contributed by atoms with Crippen LogP contribution < -0.4 is 0 Å². The molecule has 3 rings (SSSR count). The molecule has 100 valence electrons. The molecule has 4 heteroatoms. The monoisotopic (exact) mass is 242 g/mol. The molecule has 1 N–H and O–H groups in total. The highest BCUT2D eigenvalue weighted by atomic mass is 16.5. The van der Waals surface area contributed by atoms with Gasteiger partial charge in [0.25, 0.3) is 0 Å². The molecule has 4 nitrogen and oxygen atoms in total. The molecule has 0 amide bonds. The first-order chi connectivity index (χ1) is 8.02. The van der Waals surface area contributed by atoms with Crippen LogP contribution in [0.25, 0.3) is 0 Å². The van der Waals surface area contributed by atoms with Gasteiger partial charge in [-0.05, 0) is 26.7 Å². The third-order valence-electron chi connectivity index (χ3n) is 4.36. The van der Waals surface area contributed by atoms with E-state index in [1.54, 1.807) is 7.11 Å². The highest BCUT2D eigenvalue weighted by molar-refractivity contribution is 4.92. The minimum Gasteiger partial charge on any atom is -0.391 e. The van der Waals surface area contributed by atoms with Gasteiger partial charge in [0.2, 0.25) is 0 Å². The molecular formula is C13H26N2O2. The Balaban J connectivity index is 1.82. The van der Waals surface area contributed by atoms with Crippen LogP contribution in [0, 0.1) is 0 Å². The maximum Gasteiger partial charge on any atom is 0.0708 e. The number of aliphatic hydroxyl groups excluding tert-OH is 1. The Morgan fingerprint density at radius 3 is 2.41 bits per heavy atom. The van der Waals surface area contributed by atoms with Crippen molar-refractivity contribution in [3.8, 4) is 0 Å². The summed E-state index contributed by atoms with van der Waals surface area (Å²) in [7, 11) is 1.74. The molecule has 3 aliphatic heterocycles. The number of rotatable bonds is 5. The van der Waals surface area contributed by atoms with Crippen LogP contribution in [0.4, 0.5) is 0 Å². The standard InChI is InChI=1S/C13H26N2O2/c1-13(2,17-3)5-4-12(16)11-10-14-6-8-15(11)9-7-14/h11-12,16H,4-10H2,1-3H3. The average molecular weight is 242 g/mol. The topological polar surface area (TPSA) is 35.9 Å². The van der Waals surface area contributed by atoms with E-state index in [0.29, 0.717) is 6.04 Å². The van der Waals surface area contributed by atoms with Crippen molar-refractivity contribution in [2.24, 2.45) is 0 Å². The zero-order valence-electron chi connectivity index (χ0n) is 11.4. The molecule has 2 atom stereocenters. The number of fused-ring (bicyclic) bond motifs is 3. The van der Waals surface area contributed by atoms with Gasteiger partial charge in [-0.1, -0.05) is 0 Å². The Morgan fingerprint density at radius 2 is 1.94 bits per heavy atom.